The van der Waals surface area contributed by atoms with Crippen LogP contribution in [0.15, 0.2) is 53.7 Å². The van der Waals surface area contributed by atoms with E-state index in [1.807, 2.05) is 0 Å². The van der Waals surface area contributed by atoms with Gasteiger partial charge in [0.1, 0.15) is 0 Å². The SMILES string of the molecule is O=C(c1cc[nH]c1)N1CCN(S(=O)(=O)c2ccccc2)CC1. The van der Waals surface area contributed by atoms with Gasteiger partial charge in [-0.25, -0.2) is 8.42 Å². The zero-order valence-electron chi connectivity index (χ0n) is 12.0. The molecule has 116 valence electrons. The highest BCUT2D eigenvalue weighted by Crippen LogP contribution is 2.18. The summed E-state index contributed by atoms with van der Waals surface area (Å²) in [6.07, 6.45) is 3.35. The van der Waals surface area contributed by atoms with Crippen LogP contribution in [0.5, 0.6) is 0 Å². The number of piperazine rings is 1. The van der Waals surface area contributed by atoms with Gasteiger partial charge in [0.2, 0.25) is 10.0 Å². The number of rotatable bonds is 3. The molecule has 1 aromatic carbocycles. The quantitative estimate of drug-likeness (QED) is 0.922. The summed E-state index contributed by atoms with van der Waals surface area (Å²) in [5.41, 5.74) is 0.597. The molecule has 7 heteroatoms. The highest BCUT2D eigenvalue weighted by atomic mass is 32.2. The largest absolute Gasteiger partial charge is 0.367 e. The second kappa shape index (κ2) is 5.94. The number of nitrogens with one attached hydrogen (secondary N) is 1. The summed E-state index contributed by atoms with van der Waals surface area (Å²) in [4.78, 5) is 17.0. The number of amides is 1. The van der Waals surface area contributed by atoms with E-state index in [4.69, 9.17) is 0 Å². The number of nitrogens with zero attached hydrogens (tertiary/aromatic N) is 2. The molecule has 1 aliphatic rings. The lowest BCUT2D eigenvalue weighted by Crippen LogP contribution is -2.50. The molecule has 2 aromatic rings. The Morgan fingerprint density at radius 3 is 2.27 bits per heavy atom. The van der Waals surface area contributed by atoms with E-state index in [0.29, 0.717) is 36.6 Å². The first kappa shape index (κ1) is 14.8. The van der Waals surface area contributed by atoms with Crippen molar-refractivity contribution in [2.24, 2.45) is 0 Å². The lowest BCUT2D eigenvalue weighted by atomic mass is 10.2. The van der Waals surface area contributed by atoms with Crippen LogP contribution in [-0.2, 0) is 10.0 Å². The van der Waals surface area contributed by atoms with Gasteiger partial charge in [-0.15, -0.1) is 0 Å². The fraction of sp³-hybridized carbons (Fsp3) is 0.267. The van der Waals surface area contributed by atoms with Gasteiger partial charge in [0.25, 0.3) is 5.91 Å². The topological polar surface area (TPSA) is 73.5 Å². The van der Waals surface area contributed by atoms with Crippen molar-refractivity contribution in [1.29, 1.82) is 0 Å². The molecular formula is C15H17N3O3S. The van der Waals surface area contributed by atoms with Crippen LogP contribution in [0.1, 0.15) is 10.4 Å². The minimum absolute atomic E-state index is 0.0713. The van der Waals surface area contributed by atoms with Crippen molar-refractivity contribution in [3.63, 3.8) is 0 Å². The van der Waals surface area contributed by atoms with Gasteiger partial charge in [0, 0.05) is 38.6 Å². The normalized spacial score (nSPS) is 16.6. The van der Waals surface area contributed by atoms with Gasteiger partial charge in [-0.05, 0) is 18.2 Å². The molecular weight excluding hydrogens is 302 g/mol. The van der Waals surface area contributed by atoms with E-state index in [0.717, 1.165) is 0 Å². The highest BCUT2D eigenvalue weighted by Gasteiger charge is 2.30. The Morgan fingerprint density at radius 1 is 1.00 bits per heavy atom. The van der Waals surface area contributed by atoms with E-state index < -0.39 is 10.0 Å². The van der Waals surface area contributed by atoms with Crippen LogP contribution in [0.3, 0.4) is 0 Å². The summed E-state index contributed by atoms with van der Waals surface area (Å²) in [6, 6.07) is 10.1. The third kappa shape index (κ3) is 2.77. The Balaban J connectivity index is 1.68. The number of aromatic amines is 1. The van der Waals surface area contributed by atoms with Gasteiger partial charge < -0.3 is 9.88 Å². The molecule has 1 saturated heterocycles. The van der Waals surface area contributed by atoms with Gasteiger partial charge in [0.15, 0.2) is 0 Å². The van der Waals surface area contributed by atoms with Crippen molar-refractivity contribution in [2.75, 3.05) is 26.2 Å². The maximum atomic E-state index is 12.5. The van der Waals surface area contributed by atoms with Gasteiger partial charge in [-0.1, -0.05) is 18.2 Å². The molecule has 1 aliphatic heterocycles. The number of aromatic nitrogens is 1. The Hall–Kier alpha value is -2.12. The summed E-state index contributed by atoms with van der Waals surface area (Å²) < 4.78 is 26.5. The number of carbonyl (C=O) groups excluding carboxylic acids is 1. The second-order valence-corrected chi connectivity index (χ2v) is 7.05. The molecule has 22 heavy (non-hydrogen) atoms. The average Bonchev–Trinajstić information content (AvgIpc) is 3.09. The van der Waals surface area contributed by atoms with Crippen LogP contribution in [0, 0.1) is 0 Å². The third-order valence-electron chi connectivity index (χ3n) is 3.75. The van der Waals surface area contributed by atoms with E-state index in [9.17, 15) is 13.2 Å². The van der Waals surface area contributed by atoms with Crippen LogP contribution in [-0.4, -0.2) is 54.7 Å². The van der Waals surface area contributed by atoms with Crippen LogP contribution in [0.25, 0.3) is 0 Å². The monoisotopic (exact) mass is 319 g/mol. The molecule has 1 amide bonds. The first-order valence-corrected chi connectivity index (χ1v) is 8.50. The van der Waals surface area contributed by atoms with Crippen molar-refractivity contribution in [3.05, 3.63) is 54.4 Å². The van der Waals surface area contributed by atoms with Crippen molar-refractivity contribution in [1.82, 2.24) is 14.2 Å². The summed E-state index contributed by atoms with van der Waals surface area (Å²) in [5, 5.41) is 0. The average molecular weight is 319 g/mol. The summed E-state index contributed by atoms with van der Waals surface area (Å²) in [6.45, 7) is 1.42. The number of hydrogen-bond donors (Lipinski definition) is 1. The number of sulfonamides is 1. The number of carbonyl (C=O) groups is 1. The van der Waals surface area contributed by atoms with E-state index in [1.165, 1.54) is 4.31 Å². The molecule has 0 aliphatic carbocycles. The molecule has 0 atom stereocenters. The van der Waals surface area contributed by atoms with Gasteiger partial charge in [-0.2, -0.15) is 4.31 Å². The first-order valence-electron chi connectivity index (χ1n) is 7.06. The zero-order chi connectivity index (χ0) is 15.6. The molecule has 0 saturated carbocycles. The third-order valence-corrected chi connectivity index (χ3v) is 5.66. The molecule has 2 heterocycles. The molecule has 0 bridgehead atoms. The molecule has 0 radical (unpaired) electrons. The van der Waals surface area contributed by atoms with Gasteiger partial charge >= 0.3 is 0 Å². The lowest BCUT2D eigenvalue weighted by molar-refractivity contribution is 0.0698. The van der Waals surface area contributed by atoms with Crippen LogP contribution >= 0.6 is 0 Å². The Bertz CT molecular complexity index is 734. The maximum absolute atomic E-state index is 12.5. The number of H-pyrrole nitrogens is 1. The maximum Gasteiger partial charge on any atom is 0.255 e. The van der Waals surface area contributed by atoms with E-state index in [1.54, 1.807) is 53.7 Å². The second-order valence-electron chi connectivity index (χ2n) is 5.11. The lowest BCUT2D eigenvalue weighted by Gasteiger charge is -2.33. The van der Waals surface area contributed by atoms with Gasteiger partial charge in [-0.3, -0.25) is 4.79 Å². The zero-order valence-corrected chi connectivity index (χ0v) is 12.8. The Morgan fingerprint density at radius 2 is 1.68 bits per heavy atom. The van der Waals surface area contributed by atoms with Crippen molar-refractivity contribution in [2.45, 2.75) is 4.90 Å². The van der Waals surface area contributed by atoms with Crippen molar-refractivity contribution in [3.8, 4) is 0 Å². The summed E-state index contributed by atoms with van der Waals surface area (Å²) in [5.74, 6) is -0.0713. The van der Waals surface area contributed by atoms with E-state index in [2.05, 4.69) is 4.98 Å². The summed E-state index contributed by atoms with van der Waals surface area (Å²) >= 11 is 0. The molecule has 1 N–H and O–H groups in total. The fourth-order valence-corrected chi connectivity index (χ4v) is 3.96. The number of benzene rings is 1. The Labute approximate surface area is 129 Å². The Kier molecular flexibility index (Phi) is 4.00. The first-order chi connectivity index (χ1) is 10.6. The van der Waals surface area contributed by atoms with Crippen LogP contribution in [0.2, 0.25) is 0 Å². The molecule has 0 spiro atoms. The predicted molar refractivity (Wildman–Crippen MR) is 81.9 cm³/mol. The van der Waals surface area contributed by atoms with Crippen molar-refractivity contribution < 1.29 is 13.2 Å². The molecule has 0 unspecified atom stereocenters. The van der Waals surface area contributed by atoms with E-state index >= 15 is 0 Å². The molecule has 1 fully saturated rings. The van der Waals surface area contributed by atoms with E-state index in [-0.39, 0.29) is 5.91 Å². The standard InChI is InChI=1S/C15H17N3O3S/c19-15(13-6-7-16-12-13)17-8-10-18(11-9-17)22(20,21)14-4-2-1-3-5-14/h1-7,12,16H,8-11H2. The van der Waals surface area contributed by atoms with Crippen molar-refractivity contribution >= 4 is 15.9 Å². The van der Waals surface area contributed by atoms with Crippen LogP contribution in [0.4, 0.5) is 0 Å². The molecule has 6 nitrogen and oxygen atoms in total. The number of hydrogen-bond acceptors (Lipinski definition) is 3. The fourth-order valence-electron chi connectivity index (χ4n) is 2.51. The molecule has 1 aromatic heterocycles. The minimum Gasteiger partial charge on any atom is -0.367 e. The molecule has 3 rings (SSSR count). The minimum atomic E-state index is -3.48. The predicted octanol–water partition coefficient (Wildman–Crippen LogP) is 1.16. The summed E-state index contributed by atoms with van der Waals surface area (Å²) in [7, 11) is -3.48. The highest BCUT2D eigenvalue weighted by molar-refractivity contribution is 7.89. The van der Waals surface area contributed by atoms with Gasteiger partial charge in [0.05, 0.1) is 10.5 Å². The smallest absolute Gasteiger partial charge is 0.255 e. The van der Waals surface area contributed by atoms with Crippen LogP contribution < -0.4 is 0 Å².